The fourth-order valence-corrected chi connectivity index (χ4v) is 4.06. The summed E-state index contributed by atoms with van der Waals surface area (Å²) in [4.78, 5) is 27.2. The van der Waals surface area contributed by atoms with Crippen LogP contribution in [-0.2, 0) is 4.79 Å². The molecular formula is C13H17NO3S2. The van der Waals surface area contributed by atoms with E-state index in [-0.39, 0.29) is 5.91 Å². The van der Waals surface area contributed by atoms with Gasteiger partial charge in [-0.1, -0.05) is 0 Å². The summed E-state index contributed by atoms with van der Waals surface area (Å²) in [6.07, 6.45) is 3.32. The van der Waals surface area contributed by atoms with Crippen molar-refractivity contribution in [1.82, 2.24) is 4.90 Å². The van der Waals surface area contributed by atoms with E-state index in [0.29, 0.717) is 19.5 Å². The van der Waals surface area contributed by atoms with Gasteiger partial charge in [0.1, 0.15) is 4.88 Å². The summed E-state index contributed by atoms with van der Waals surface area (Å²) < 4.78 is 0. The zero-order valence-electron chi connectivity index (χ0n) is 11.0. The number of hydrogen-bond acceptors (Lipinski definition) is 4. The molecule has 2 rings (SSSR count). The molecule has 19 heavy (non-hydrogen) atoms. The number of likely N-dealkylation sites (tertiary alicyclic amines) is 1. The Morgan fingerprint density at radius 1 is 1.53 bits per heavy atom. The molecule has 1 aliphatic heterocycles. The molecule has 1 unspecified atom stereocenters. The second-order valence-corrected chi connectivity index (χ2v) is 6.78. The van der Waals surface area contributed by atoms with Crippen molar-refractivity contribution in [3.8, 4) is 0 Å². The molecule has 0 aliphatic carbocycles. The first-order valence-corrected chi connectivity index (χ1v) is 8.22. The van der Waals surface area contributed by atoms with Crippen LogP contribution >= 0.6 is 23.1 Å². The maximum Gasteiger partial charge on any atom is 0.311 e. The molecule has 1 aliphatic rings. The van der Waals surface area contributed by atoms with Crippen LogP contribution in [0.4, 0.5) is 0 Å². The second-order valence-electron chi connectivity index (χ2n) is 5.01. The number of carbonyl (C=O) groups is 2. The van der Waals surface area contributed by atoms with Gasteiger partial charge in [0.25, 0.3) is 5.91 Å². The average Bonchev–Trinajstić information content (AvgIpc) is 2.86. The van der Waals surface area contributed by atoms with Crippen LogP contribution in [0, 0.1) is 5.41 Å². The number of amides is 1. The van der Waals surface area contributed by atoms with Crippen molar-refractivity contribution < 1.29 is 14.7 Å². The zero-order chi connectivity index (χ0) is 14.0. The van der Waals surface area contributed by atoms with Crippen LogP contribution in [0.2, 0.25) is 0 Å². The number of rotatable bonds is 3. The molecule has 0 saturated carbocycles. The first kappa shape index (κ1) is 14.4. The molecule has 1 saturated heterocycles. The van der Waals surface area contributed by atoms with Gasteiger partial charge in [-0.25, -0.2) is 0 Å². The smallest absolute Gasteiger partial charge is 0.311 e. The monoisotopic (exact) mass is 299 g/mol. The van der Waals surface area contributed by atoms with E-state index >= 15 is 0 Å². The molecule has 0 aromatic carbocycles. The van der Waals surface area contributed by atoms with Crippen LogP contribution in [0.5, 0.6) is 0 Å². The second kappa shape index (κ2) is 5.54. The maximum absolute atomic E-state index is 12.5. The highest BCUT2D eigenvalue weighted by molar-refractivity contribution is 7.98. The van der Waals surface area contributed by atoms with Crippen molar-refractivity contribution in [3.05, 3.63) is 16.3 Å². The minimum absolute atomic E-state index is 0.0356. The Kier molecular flexibility index (Phi) is 4.20. The topological polar surface area (TPSA) is 57.6 Å². The van der Waals surface area contributed by atoms with Crippen LogP contribution in [0.25, 0.3) is 0 Å². The first-order valence-electron chi connectivity index (χ1n) is 6.12. The first-order chi connectivity index (χ1) is 8.98. The summed E-state index contributed by atoms with van der Waals surface area (Å²) in [6, 6.07) is 1.93. The third kappa shape index (κ3) is 2.79. The molecule has 0 radical (unpaired) electrons. The minimum atomic E-state index is -0.818. The van der Waals surface area contributed by atoms with E-state index in [0.717, 1.165) is 16.2 Å². The third-order valence-corrected chi connectivity index (χ3v) is 5.35. The van der Waals surface area contributed by atoms with Crippen LogP contribution in [0.1, 0.15) is 29.4 Å². The van der Waals surface area contributed by atoms with Crippen LogP contribution < -0.4 is 0 Å². The molecule has 6 heteroatoms. The predicted octanol–water partition coefficient (Wildman–Crippen LogP) is 2.80. The van der Waals surface area contributed by atoms with Crippen LogP contribution in [0.3, 0.4) is 0 Å². The van der Waals surface area contributed by atoms with Crippen molar-refractivity contribution in [2.45, 2.75) is 24.7 Å². The lowest BCUT2D eigenvalue weighted by atomic mass is 9.82. The molecule has 104 valence electrons. The van der Waals surface area contributed by atoms with E-state index in [1.807, 2.05) is 17.7 Å². The molecule has 1 fully saturated rings. The summed E-state index contributed by atoms with van der Waals surface area (Å²) in [6.45, 7) is 2.67. The van der Waals surface area contributed by atoms with E-state index < -0.39 is 11.4 Å². The summed E-state index contributed by atoms with van der Waals surface area (Å²) >= 11 is 2.97. The Morgan fingerprint density at radius 3 is 2.89 bits per heavy atom. The van der Waals surface area contributed by atoms with Gasteiger partial charge in [0.05, 0.1) is 5.41 Å². The molecule has 4 nitrogen and oxygen atoms in total. The number of hydrogen-bond donors (Lipinski definition) is 1. The molecule has 2 heterocycles. The van der Waals surface area contributed by atoms with Crippen molar-refractivity contribution in [2.75, 3.05) is 19.3 Å². The molecule has 0 bridgehead atoms. The SMILES string of the molecule is CSc1ccsc1C(=O)N1CCCC(C)(C(=O)O)C1. The number of carboxylic acid groups (broad SMARTS) is 1. The number of carbonyl (C=O) groups excluding carboxylic acids is 1. The standard InChI is InChI=1S/C13H17NO3S2/c1-13(12(16)17)5-3-6-14(8-13)11(15)10-9(18-2)4-7-19-10/h4,7H,3,5-6,8H2,1-2H3,(H,16,17). The van der Waals surface area contributed by atoms with Crippen molar-refractivity contribution >= 4 is 35.0 Å². The van der Waals surface area contributed by atoms with Gasteiger partial charge in [-0.05, 0) is 37.5 Å². The van der Waals surface area contributed by atoms with Gasteiger partial charge in [-0.3, -0.25) is 9.59 Å². The molecular weight excluding hydrogens is 282 g/mol. The Bertz CT molecular complexity index is 500. The van der Waals surface area contributed by atoms with Gasteiger partial charge in [0.2, 0.25) is 0 Å². The van der Waals surface area contributed by atoms with E-state index in [1.165, 1.54) is 11.3 Å². The van der Waals surface area contributed by atoms with Gasteiger partial charge in [0.15, 0.2) is 0 Å². The number of aliphatic carboxylic acids is 1. The van der Waals surface area contributed by atoms with Crippen molar-refractivity contribution in [1.29, 1.82) is 0 Å². The highest BCUT2D eigenvalue weighted by Crippen LogP contribution is 2.33. The quantitative estimate of drug-likeness (QED) is 0.872. The Labute approximate surface area is 120 Å². The van der Waals surface area contributed by atoms with E-state index in [4.69, 9.17) is 0 Å². The van der Waals surface area contributed by atoms with Crippen LogP contribution in [-0.4, -0.2) is 41.2 Å². The summed E-state index contributed by atoms with van der Waals surface area (Å²) in [7, 11) is 0. The van der Waals surface area contributed by atoms with Crippen molar-refractivity contribution in [3.63, 3.8) is 0 Å². The molecule has 1 atom stereocenters. The number of thiophene rings is 1. The lowest BCUT2D eigenvalue weighted by Gasteiger charge is -2.37. The Morgan fingerprint density at radius 2 is 2.26 bits per heavy atom. The predicted molar refractivity (Wildman–Crippen MR) is 77.0 cm³/mol. The lowest BCUT2D eigenvalue weighted by Crippen LogP contribution is -2.48. The summed E-state index contributed by atoms with van der Waals surface area (Å²) in [5.41, 5.74) is -0.815. The van der Waals surface area contributed by atoms with Crippen LogP contribution in [0.15, 0.2) is 16.3 Å². The van der Waals surface area contributed by atoms with Gasteiger partial charge in [-0.15, -0.1) is 23.1 Å². The number of nitrogens with zero attached hydrogens (tertiary/aromatic N) is 1. The molecule has 1 aromatic rings. The van der Waals surface area contributed by atoms with E-state index in [2.05, 4.69) is 0 Å². The average molecular weight is 299 g/mol. The highest BCUT2D eigenvalue weighted by atomic mass is 32.2. The molecule has 1 amide bonds. The lowest BCUT2D eigenvalue weighted by molar-refractivity contribution is -0.150. The zero-order valence-corrected chi connectivity index (χ0v) is 12.6. The summed E-state index contributed by atoms with van der Waals surface area (Å²) in [5, 5.41) is 11.2. The fraction of sp³-hybridized carbons (Fsp3) is 0.538. The number of carboxylic acids is 1. The maximum atomic E-state index is 12.5. The summed E-state index contributed by atoms with van der Waals surface area (Å²) in [5.74, 6) is -0.854. The minimum Gasteiger partial charge on any atom is -0.481 e. The fourth-order valence-electron chi connectivity index (χ4n) is 2.35. The Hall–Kier alpha value is -1.01. The molecule has 1 aromatic heterocycles. The van der Waals surface area contributed by atoms with E-state index in [9.17, 15) is 14.7 Å². The van der Waals surface area contributed by atoms with Gasteiger partial charge in [-0.2, -0.15) is 0 Å². The van der Waals surface area contributed by atoms with Gasteiger partial charge < -0.3 is 10.0 Å². The number of thioether (sulfide) groups is 1. The third-order valence-electron chi connectivity index (χ3n) is 3.54. The Balaban J connectivity index is 2.18. The number of piperidine rings is 1. The molecule has 1 N–H and O–H groups in total. The highest BCUT2D eigenvalue weighted by Gasteiger charge is 2.39. The van der Waals surface area contributed by atoms with Gasteiger partial charge in [0, 0.05) is 18.0 Å². The molecule has 0 spiro atoms. The van der Waals surface area contributed by atoms with E-state index in [1.54, 1.807) is 23.6 Å². The van der Waals surface area contributed by atoms with Gasteiger partial charge >= 0.3 is 5.97 Å². The van der Waals surface area contributed by atoms with Crippen molar-refractivity contribution in [2.24, 2.45) is 5.41 Å². The normalized spacial score (nSPS) is 23.4. The largest absolute Gasteiger partial charge is 0.481 e.